The first-order chi connectivity index (χ1) is 12.7. The fraction of sp³-hybridized carbons (Fsp3) is 0.333. The molecule has 1 aliphatic heterocycles. The van der Waals surface area contributed by atoms with Crippen LogP contribution < -0.4 is 0 Å². The predicted octanol–water partition coefficient (Wildman–Crippen LogP) is 3.04. The summed E-state index contributed by atoms with van der Waals surface area (Å²) in [5.41, 5.74) is 2.12. The summed E-state index contributed by atoms with van der Waals surface area (Å²) in [6.45, 7) is 1.68. The van der Waals surface area contributed by atoms with Gasteiger partial charge in [-0.25, -0.2) is 4.39 Å². The van der Waals surface area contributed by atoms with Gasteiger partial charge in [-0.2, -0.15) is 9.61 Å². The van der Waals surface area contributed by atoms with Crippen LogP contribution in [0.5, 0.6) is 0 Å². The smallest absolute Gasteiger partial charge is 0.233 e. The number of nitrogens with zero attached hydrogens (tertiary/aromatic N) is 5. The van der Waals surface area contributed by atoms with Crippen molar-refractivity contribution in [3.8, 4) is 11.3 Å². The molecule has 26 heavy (non-hydrogen) atoms. The number of benzene rings is 1. The van der Waals surface area contributed by atoms with Crippen LogP contribution >= 0.6 is 11.8 Å². The van der Waals surface area contributed by atoms with E-state index in [1.807, 2.05) is 17.0 Å². The van der Waals surface area contributed by atoms with Gasteiger partial charge in [0.2, 0.25) is 11.1 Å². The van der Waals surface area contributed by atoms with Gasteiger partial charge in [0.15, 0.2) is 5.65 Å². The van der Waals surface area contributed by atoms with E-state index in [0.29, 0.717) is 22.3 Å². The number of aromatic nitrogens is 4. The molecule has 0 saturated carbocycles. The molecular weight excluding hydrogens is 353 g/mol. The normalized spacial score (nSPS) is 14.7. The summed E-state index contributed by atoms with van der Waals surface area (Å²) in [7, 11) is 0. The molecule has 1 saturated heterocycles. The van der Waals surface area contributed by atoms with Crippen LogP contribution in [0.1, 0.15) is 19.3 Å². The average Bonchev–Trinajstić information content (AvgIpc) is 3.09. The van der Waals surface area contributed by atoms with Crippen molar-refractivity contribution in [2.24, 2.45) is 0 Å². The standard InChI is InChI=1S/C18H18FN5OS/c19-14-6-4-13(5-7-14)15-8-9-16-20-21-18(24(16)22-15)26-12-17(25)23-10-2-1-3-11-23/h4-9H,1-3,10-12H2. The van der Waals surface area contributed by atoms with Crippen molar-refractivity contribution >= 4 is 23.3 Å². The molecule has 3 heterocycles. The molecule has 3 aromatic rings. The van der Waals surface area contributed by atoms with Crippen LogP contribution in [0.3, 0.4) is 0 Å². The summed E-state index contributed by atoms with van der Waals surface area (Å²) in [5.74, 6) is 0.163. The summed E-state index contributed by atoms with van der Waals surface area (Å²) in [5, 5.41) is 13.4. The third kappa shape index (κ3) is 3.55. The van der Waals surface area contributed by atoms with Crippen LogP contribution in [0.4, 0.5) is 4.39 Å². The number of carbonyl (C=O) groups excluding carboxylic acids is 1. The topological polar surface area (TPSA) is 63.4 Å². The molecule has 0 aliphatic carbocycles. The number of likely N-dealkylation sites (tertiary alicyclic amines) is 1. The third-order valence-corrected chi connectivity index (χ3v) is 5.31. The molecule has 0 spiro atoms. The summed E-state index contributed by atoms with van der Waals surface area (Å²) < 4.78 is 14.7. The molecule has 6 nitrogen and oxygen atoms in total. The van der Waals surface area contributed by atoms with E-state index in [2.05, 4.69) is 15.3 Å². The second kappa shape index (κ2) is 7.41. The molecule has 0 atom stereocenters. The Morgan fingerprint density at radius 2 is 1.81 bits per heavy atom. The average molecular weight is 371 g/mol. The highest BCUT2D eigenvalue weighted by molar-refractivity contribution is 7.99. The van der Waals surface area contributed by atoms with Crippen LogP contribution in [0.2, 0.25) is 0 Å². The lowest BCUT2D eigenvalue weighted by Gasteiger charge is -2.26. The number of thioether (sulfide) groups is 1. The van der Waals surface area contributed by atoms with Crippen LogP contribution in [0, 0.1) is 5.82 Å². The molecule has 0 radical (unpaired) electrons. The lowest BCUT2D eigenvalue weighted by molar-refractivity contribution is -0.129. The molecule has 0 unspecified atom stereocenters. The molecule has 0 bridgehead atoms. The fourth-order valence-corrected chi connectivity index (χ4v) is 3.79. The van der Waals surface area contributed by atoms with E-state index in [1.165, 1.54) is 30.3 Å². The predicted molar refractivity (Wildman–Crippen MR) is 97.3 cm³/mol. The van der Waals surface area contributed by atoms with Gasteiger partial charge in [-0.05, 0) is 55.7 Å². The molecule has 1 aliphatic rings. The first-order valence-electron chi connectivity index (χ1n) is 8.60. The monoisotopic (exact) mass is 371 g/mol. The molecule has 0 N–H and O–H groups in total. The zero-order chi connectivity index (χ0) is 17.9. The van der Waals surface area contributed by atoms with E-state index < -0.39 is 0 Å². The highest BCUT2D eigenvalue weighted by Gasteiger charge is 2.18. The van der Waals surface area contributed by atoms with Crippen LogP contribution in [-0.2, 0) is 4.79 Å². The summed E-state index contributed by atoms with van der Waals surface area (Å²) in [4.78, 5) is 14.3. The van der Waals surface area contributed by atoms with Gasteiger partial charge in [0, 0.05) is 18.7 Å². The van der Waals surface area contributed by atoms with Crippen LogP contribution in [-0.4, -0.2) is 49.5 Å². The van der Waals surface area contributed by atoms with Gasteiger partial charge < -0.3 is 4.90 Å². The van der Waals surface area contributed by atoms with Crippen molar-refractivity contribution in [3.63, 3.8) is 0 Å². The largest absolute Gasteiger partial charge is 0.342 e. The van der Waals surface area contributed by atoms with E-state index in [1.54, 1.807) is 16.6 Å². The highest BCUT2D eigenvalue weighted by Crippen LogP contribution is 2.21. The van der Waals surface area contributed by atoms with Crippen molar-refractivity contribution < 1.29 is 9.18 Å². The minimum absolute atomic E-state index is 0.126. The molecule has 1 aromatic carbocycles. The molecule has 134 valence electrons. The number of piperidine rings is 1. The number of hydrogen-bond donors (Lipinski definition) is 0. The fourth-order valence-electron chi connectivity index (χ4n) is 2.99. The number of carbonyl (C=O) groups is 1. The molecule has 8 heteroatoms. The van der Waals surface area contributed by atoms with Crippen molar-refractivity contribution in [1.82, 2.24) is 24.7 Å². The van der Waals surface area contributed by atoms with Crippen molar-refractivity contribution in [3.05, 3.63) is 42.2 Å². The first kappa shape index (κ1) is 17.0. The Morgan fingerprint density at radius 1 is 1.04 bits per heavy atom. The van der Waals surface area contributed by atoms with E-state index in [-0.39, 0.29) is 11.7 Å². The van der Waals surface area contributed by atoms with Crippen LogP contribution in [0.25, 0.3) is 16.9 Å². The van der Waals surface area contributed by atoms with Crippen LogP contribution in [0.15, 0.2) is 41.6 Å². The van der Waals surface area contributed by atoms with Gasteiger partial charge in [-0.1, -0.05) is 11.8 Å². The van der Waals surface area contributed by atoms with E-state index in [4.69, 9.17) is 0 Å². The summed E-state index contributed by atoms with van der Waals surface area (Å²) in [6, 6.07) is 9.81. The van der Waals surface area contributed by atoms with Gasteiger partial charge in [0.25, 0.3) is 0 Å². The quantitative estimate of drug-likeness (QED) is 0.660. The van der Waals surface area contributed by atoms with Gasteiger partial charge in [0.1, 0.15) is 5.82 Å². The van der Waals surface area contributed by atoms with Crippen molar-refractivity contribution in [2.75, 3.05) is 18.8 Å². The second-order valence-electron chi connectivity index (χ2n) is 6.21. The molecule has 1 fully saturated rings. The zero-order valence-corrected chi connectivity index (χ0v) is 15.0. The highest BCUT2D eigenvalue weighted by atomic mass is 32.2. The maximum Gasteiger partial charge on any atom is 0.233 e. The molecule has 1 amide bonds. The second-order valence-corrected chi connectivity index (χ2v) is 7.15. The number of rotatable bonds is 4. The van der Waals surface area contributed by atoms with Crippen molar-refractivity contribution in [2.45, 2.75) is 24.4 Å². The number of halogens is 1. The minimum Gasteiger partial charge on any atom is -0.342 e. The van der Waals surface area contributed by atoms with E-state index in [9.17, 15) is 9.18 Å². The van der Waals surface area contributed by atoms with Gasteiger partial charge >= 0.3 is 0 Å². The maximum atomic E-state index is 13.1. The summed E-state index contributed by atoms with van der Waals surface area (Å²) >= 11 is 1.34. The van der Waals surface area contributed by atoms with Crippen molar-refractivity contribution in [1.29, 1.82) is 0 Å². The van der Waals surface area contributed by atoms with E-state index >= 15 is 0 Å². The van der Waals surface area contributed by atoms with Gasteiger partial charge in [-0.3, -0.25) is 4.79 Å². The Morgan fingerprint density at radius 3 is 2.58 bits per heavy atom. The maximum absolute atomic E-state index is 13.1. The van der Waals surface area contributed by atoms with Gasteiger partial charge in [0.05, 0.1) is 11.4 Å². The third-order valence-electron chi connectivity index (χ3n) is 4.41. The Balaban J connectivity index is 1.53. The molecular formula is C18H18FN5OS. The Labute approximate surface area is 154 Å². The zero-order valence-electron chi connectivity index (χ0n) is 14.1. The molecule has 2 aromatic heterocycles. The van der Waals surface area contributed by atoms with Gasteiger partial charge in [-0.15, -0.1) is 10.2 Å². The Kier molecular flexibility index (Phi) is 4.83. The van der Waals surface area contributed by atoms with E-state index in [0.717, 1.165) is 31.5 Å². The SMILES string of the molecule is O=C(CSc1nnc2ccc(-c3ccc(F)cc3)nn12)N1CCCCC1. The number of fused-ring (bicyclic) bond motifs is 1. The lowest BCUT2D eigenvalue weighted by atomic mass is 10.1. The molecule has 4 rings (SSSR count). The Hall–Kier alpha value is -2.48. The lowest BCUT2D eigenvalue weighted by Crippen LogP contribution is -2.36. The minimum atomic E-state index is -0.286. The number of hydrogen-bond acceptors (Lipinski definition) is 5. The Bertz CT molecular complexity index is 921. The summed E-state index contributed by atoms with van der Waals surface area (Å²) in [6.07, 6.45) is 3.35. The first-order valence-corrected chi connectivity index (χ1v) is 9.58. The number of amides is 1.